The molecule has 0 bridgehead atoms. The predicted molar refractivity (Wildman–Crippen MR) is 100 cm³/mol. The van der Waals surface area contributed by atoms with Crippen molar-refractivity contribution in [2.24, 2.45) is 0 Å². The van der Waals surface area contributed by atoms with E-state index >= 15 is 0 Å². The Hall–Kier alpha value is -2.40. The van der Waals surface area contributed by atoms with E-state index in [0.717, 1.165) is 26.3 Å². The van der Waals surface area contributed by atoms with Crippen LogP contribution in [0.1, 0.15) is 51.7 Å². The van der Waals surface area contributed by atoms with E-state index in [2.05, 4.69) is 5.32 Å². The van der Waals surface area contributed by atoms with Crippen LogP contribution in [0.15, 0.2) is 40.8 Å². The smallest absolute Gasteiger partial charge is 0.221 e. The molecule has 25 heavy (non-hydrogen) atoms. The molecule has 4 nitrogen and oxygen atoms in total. The summed E-state index contributed by atoms with van der Waals surface area (Å²) in [5, 5.41) is 3.91. The molecule has 1 N–H and O–H groups in total. The van der Waals surface area contributed by atoms with Crippen molar-refractivity contribution in [2.75, 3.05) is 0 Å². The van der Waals surface area contributed by atoms with Gasteiger partial charge in [0.1, 0.15) is 11.3 Å². The molecular weight excluding hydrogens is 334 g/mol. The number of para-hydroxylation sites is 1. The summed E-state index contributed by atoms with van der Waals surface area (Å²) in [6.45, 7) is 5.80. The zero-order valence-electron chi connectivity index (χ0n) is 14.6. The van der Waals surface area contributed by atoms with E-state index in [4.69, 9.17) is 4.42 Å². The average molecular weight is 355 g/mol. The number of furan rings is 1. The van der Waals surface area contributed by atoms with Crippen LogP contribution < -0.4 is 5.32 Å². The summed E-state index contributed by atoms with van der Waals surface area (Å²) < 4.78 is 5.76. The number of aryl methyl sites for hydroxylation is 2. The van der Waals surface area contributed by atoms with Crippen molar-refractivity contribution in [3.63, 3.8) is 0 Å². The average Bonchev–Trinajstić information content (AvgIpc) is 3.15. The first-order valence-corrected chi connectivity index (χ1v) is 9.14. The number of hydrogen-bond donors (Lipinski definition) is 1. The topological polar surface area (TPSA) is 59.3 Å². The number of fused-ring (bicyclic) bond motifs is 1. The fourth-order valence-corrected chi connectivity index (χ4v) is 3.81. The molecule has 0 saturated heterocycles. The monoisotopic (exact) mass is 355 g/mol. The van der Waals surface area contributed by atoms with Crippen LogP contribution in [0.2, 0.25) is 0 Å². The standard InChI is InChI=1S/C20H21NO3S/c1-12-10-16(14(3)25-12)17(22)8-9-20(23)21-13(2)19-11-15-6-4-5-7-18(15)24-19/h4-7,10-11,13H,8-9H2,1-3H3,(H,21,23)/t13-/m0/s1. The summed E-state index contributed by atoms with van der Waals surface area (Å²) in [5.74, 6) is 0.587. The van der Waals surface area contributed by atoms with Gasteiger partial charge in [-0.1, -0.05) is 18.2 Å². The Balaban J connectivity index is 1.56. The second-order valence-corrected chi connectivity index (χ2v) is 7.69. The zero-order valence-corrected chi connectivity index (χ0v) is 15.4. The van der Waals surface area contributed by atoms with Crippen LogP contribution in [0.5, 0.6) is 0 Å². The van der Waals surface area contributed by atoms with Gasteiger partial charge in [-0.15, -0.1) is 11.3 Å². The minimum Gasteiger partial charge on any atom is -0.459 e. The third-order valence-electron chi connectivity index (χ3n) is 4.17. The number of thiophene rings is 1. The van der Waals surface area contributed by atoms with Crippen LogP contribution >= 0.6 is 11.3 Å². The molecule has 0 spiro atoms. The minimum atomic E-state index is -0.236. The first-order valence-electron chi connectivity index (χ1n) is 8.32. The van der Waals surface area contributed by atoms with E-state index in [1.165, 1.54) is 0 Å². The maximum absolute atomic E-state index is 12.3. The number of carbonyl (C=O) groups excluding carboxylic acids is 2. The van der Waals surface area contributed by atoms with Gasteiger partial charge in [0.15, 0.2) is 5.78 Å². The second kappa shape index (κ2) is 7.23. The quantitative estimate of drug-likeness (QED) is 0.636. The van der Waals surface area contributed by atoms with E-state index in [9.17, 15) is 9.59 Å². The van der Waals surface area contributed by atoms with Crippen molar-refractivity contribution >= 4 is 34.0 Å². The molecule has 130 valence electrons. The number of Topliss-reactive ketones (excluding diaryl/α,β-unsaturated/α-hetero) is 1. The molecule has 2 aromatic heterocycles. The maximum Gasteiger partial charge on any atom is 0.221 e. The van der Waals surface area contributed by atoms with Gasteiger partial charge in [-0.3, -0.25) is 9.59 Å². The third-order valence-corrected chi connectivity index (χ3v) is 5.14. The van der Waals surface area contributed by atoms with Crippen LogP contribution in [-0.2, 0) is 4.79 Å². The molecule has 0 aliphatic rings. The van der Waals surface area contributed by atoms with Crippen molar-refractivity contribution in [2.45, 2.75) is 39.7 Å². The Morgan fingerprint density at radius 2 is 1.92 bits per heavy atom. The molecule has 2 heterocycles. The second-order valence-electron chi connectivity index (χ2n) is 6.23. The Labute approximate surface area is 150 Å². The number of nitrogens with one attached hydrogen (secondary N) is 1. The molecule has 0 aliphatic heterocycles. The Bertz CT molecular complexity index is 889. The van der Waals surface area contributed by atoms with E-state index in [1.54, 1.807) is 11.3 Å². The molecule has 1 aromatic carbocycles. The highest BCUT2D eigenvalue weighted by molar-refractivity contribution is 7.12. The lowest BCUT2D eigenvalue weighted by molar-refractivity contribution is -0.121. The van der Waals surface area contributed by atoms with Crippen molar-refractivity contribution in [3.05, 3.63) is 57.5 Å². The number of ketones is 1. The Kier molecular flexibility index (Phi) is 5.04. The summed E-state index contributed by atoms with van der Waals surface area (Å²) in [6, 6.07) is 11.3. The molecule has 3 aromatic rings. The van der Waals surface area contributed by atoms with Gasteiger partial charge in [-0.2, -0.15) is 0 Å². The van der Waals surface area contributed by atoms with Crippen LogP contribution in [-0.4, -0.2) is 11.7 Å². The molecule has 0 aliphatic carbocycles. The highest BCUT2D eigenvalue weighted by Gasteiger charge is 2.17. The van der Waals surface area contributed by atoms with Crippen molar-refractivity contribution in [3.8, 4) is 0 Å². The van der Waals surface area contributed by atoms with Crippen LogP contribution in [0, 0.1) is 13.8 Å². The lowest BCUT2D eigenvalue weighted by Gasteiger charge is -2.11. The van der Waals surface area contributed by atoms with E-state index in [-0.39, 0.29) is 30.6 Å². The largest absolute Gasteiger partial charge is 0.459 e. The SMILES string of the molecule is Cc1cc(C(=O)CCC(=O)N[C@@H](C)c2cc3ccccc3o2)c(C)s1. The van der Waals surface area contributed by atoms with Crippen LogP contribution in [0.25, 0.3) is 11.0 Å². The van der Waals surface area contributed by atoms with Gasteiger partial charge in [0, 0.05) is 33.5 Å². The Morgan fingerprint density at radius 1 is 1.16 bits per heavy atom. The summed E-state index contributed by atoms with van der Waals surface area (Å²) in [6.07, 6.45) is 0.396. The van der Waals surface area contributed by atoms with Gasteiger partial charge in [-0.25, -0.2) is 0 Å². The lowest BCUT2D eigenvalue weighted by Crippen LogP contribution is -2.26. The van der Waals surface area contributed by atoms with Gasteiger partial charge < -0.3 is 9.73 Å². The molecule has 0 unspecified atom stereocenters. The van der Waals surface area contributed by atoms with E-state index in [1.807, 2.05) is 57.2 Å². The summed E-state index contributed by atoms with van der Waals surface area (Å²) in [4.78, 5) is 26.6. The van der Waals surface area contributed by atoms with E-state index in [0.29, 0.717) is 5.76 Å². The zero-order chi connectivity index (χ0) is 18.0. The fraction of sp³-hybridized carbons (Fsp3) is 0.300. The number of hydrogen-bond acceptors (Lipinski definition) is 4. The molecule has 3 rings (SSSR count). The maximum atomic E-state index is 12.3. The molecule has 1 atom stereocenters. The number of carbonyl (C=O) groups is 2. The Morgan fingerprint density at radius 3 is 2.60 bits per heavy atom. The van der Waals surface area contributed by atoms with Gasteiger partial charge in [0.25, 0.3) is 0 Å². The van der Waals surface area contributed by atoms with Gasteiger partial charge in [0.05, 0.1) is 6.04 Å². The third kappa shape index (κ3) is 3.99. The van der Waals surface area contributed by atoms with Crippen molar-refractivity contribution < 1.29 is 14.0 Å². The molecule has 5 heteroatoms. The summed E-state index contributed by atoms with van der Waals surface area (Å²) in [5.41, 5.74) is 1.54. The number of rotatable bonds is 6. The summed E-state index contributed by atoms with van der Waals surface area (Å²) in [7, 11) is 0. The molecule has 0 fully saturated rings. The van der Waals surface area contributed by atoms with Gasteiger partial charge >= 0.3 is 0 Å². The van der Waals surface area contributed by atoms with Gasteiger partial charge in [-0.05, 0) is 39.0 Å². The highest BCUT2D eigenvalue weighted by atomic mass is 32.1. The normalized spacial score (nSPS) is 12.3. The van der Waals surface area contributed by atoms with Crippen LogP contribution in [0.3, 0.4) is 0 Å². The molecule has 1 amide bonds. The first-order chi connectivity index (χ1) is 11.9. The molecule has 0 saturated carbocycles. The molecule has 0 radical (unpaired) electrons. The van der Waals surface area contributed by atoms with Crippen molar-refractivity contribution in [1.29, 1.82) is 0 Å². The van der Waals surface area contributed by atoms with Crippen molar-refractivity contribution in [1.82, 2.24) is 5.32 Å². The fourth-order valence-electron chi connectivity index (χ4n) is 2.87. The first kappa shape index (κ1) is 17.4. The highest BCUT2D eigenvalue weighted by Crippen LogP contribution is 2.24. The van der Waals surface area contributed by atoms with Gasteiger partial charge in [0.2, 0.25) is 5.91 Å². The summed E-state index contributed by atoms with van der Waals surface area (Å²) >= 11 is 1.61. The van der Waals surface area contributed by atoms with E-state index < -0.39 is 0 Å². The lowest BCUT2D eigenvalue weighted by atomic mass is 10.1. The number of amides is 1. The molecular formula is C20H21NO3S. The predicted octanol–water partition coefficient (Wildman–Crippen LogP) is 4.95. The van der Waals surface area contributed by atoms with Crippen LogP contribution in [0.4, 0.5) is 0 Å². The minimum absolute atomic E-state index is 0.0217. The number of benzene rings is 1.